The summed E-state index contributed by atoms with van der Waals surface area (Å²) in [5, 5.41) is 6.77. The van der Waals surface area contributed by atoms with E-state index in [0.29, 0.717) is 12.1 Å². The molecule has 0 spiro atoms. The van der Waals surface area contributed by atoms with E-state index < -0.39 is 0 Å². The van der Waals surface area contributed by atoms with Gasteiger partial charge in [-0.3, -0.25) is 9.59 Å². The van der Waals surface area contributed by atoms with Crippen molar-refractivity contribution in [3.8, 4) is 0 Å². The molecule has 2 amide bonds. The van der Waals surface area contributed by atoms with Gasteiger partial charge >= 0.3 is 0 Å². The van der Waals surface area contributed by atoms with Gasteiger partial charge in [0, 0.05) is 12.1 Å². The third-order valence-corrected chi connectivity index (χ3v) is 2.79. The molecule has 2 N–H and O–H groups in total. The van der Waals surface area contributed by atoms with E-state index in [0.717, 1.165) is 5.56 Å². The largest absolute Gasteiger partial charge is 0.349 e. The molecule has 0 saturated carbocycles. The molecule has 0 unspecified atom stereocenters. The van der Waals surface area contributed by atoms with Gasteiger partial charge in [0.2, 0.25) is 11.8 Å². The first kappa shape index (κ1) is 15.9. The summed E-state index contributed by atoms with van der Waals surface area (Å²) in [6, 6.07) is 9.68. The minimum Gasteiger partial charge on any atom is -0.349 e. The number of rotatable bonds is 6. The lowest BCUT2D eigenvalue weighted by Crippen LogP contribution is -2.28. The molecular formula is C15H21N3O2. The van der Waals surface area contributed by atoms with Crippen LogP contribution in [0.2, 0.25) is 0 Å². The summed E-state index contributed by atoms with van der Waals surface area (Å²) in [5.41, 5.74) is 4.02. The van der Waals surface area contributed by atoms with E-state index in [1.807, 2.05) is 37.3 Å². The minimum atomic E-state index is -0.164. The standard InChI is InChI=1S/C15H21N3O2/c1-4-14(19)18-17-11(2)10-15(20)16-12(3)13-8-6-5-7-9-13/h5-9,12H,4,10H2,1-3H3,(H,16,20)(H,18,19)/b17-11-/t12-/m1/s1. The maximum Gasteiger partial charge on any atom is 0.239 e. The lowest BCUT2D eigenvalue weighted by Gasteiger charge is -2.14. The van der Waals surface area contributed by atoms with Crippen LogP contribution < -0.4 is 10.7 Å². The molecule has 1 aromatic rings. The number of amides is 2. The van der Waals surface area contributed by atoms with Crippen LogP contribution in [0, 0.1) is 0 Å². The van der Waals surface area contributed by atoms with Crippen molar-refractivity contribution >= 4 is 17.5 Å². The van der Waals surface area contributed by atoms with E-state index in [2.05, 4.69) is 15.8 Å². The van der Waals surface area contributed by atoms with E-state index in [-0.39, 0.29) is 24.3 Å². The number of hydrogen-bond acceptors (Lipinski definition) is 3. The van der Waals surface area contributed by atoms with Crippen molar-refractivity contribution in [1.82, 2.24) is 10.7 Å². The number of carbonyl (C=O) groups is 2. The average molecular weight is 275 g/mol. The first-order valence-corrected chi connectivity index (χ1v) is 6.69. The normalized spacial score (nSPS) is 12.7. The van der Waals surface area contributed by atoms with Gasteiger partial charge in [0.1, 0.15) is 0 Å². The Labute approximate surface area is 119 Å². The van der Waals surface area contributed by atoms with Crippen LogP contribution in [-0.2, 0) is 9.59 Å². The molecule has 0 aliphatic heterocycles. The van der Waals surface area contributed by atoms with Gasteiger partial charge in [-0.1, -0.05) is 37.3 Å². The number of nitrogens with zero attached hydrogens (tertiary/aromatic N) is 1. The molecule has 0 saturated heterocycles. The van der Waals surface area contributed by atoms with Crippen LogP contribution in [-0.4, -0.2) is 17.5 Å². The van der Waals surface area contributed by atoms with Crippen molar-refractivity contribution < 1.29 is 9.59 Å². The van der Waals surface area contributed by atoms with Gasteiger partial charge in [0.05, 0.1) is 12.5 Å². The summed E-state index contributed by atoms with van der Waals surface area (Å²) < 4.78 is 0. The molecular weight excluding hydrogens is 254 g/mol. The Morgan fingerprint density at radius 1 is 1.20 bits per heavy atom. The van der Waals surface area contributed by atoms with E-state index in [9.17, 15) is 9.59 Å². The summed E-state index contributed by atoms with van der Waals surface area (Å²) in [5.74, 6) is -0.282. The highest BCUT2D eigenvalue weighted by atomic mass is 16.2. The second kappa shape index (κ2) is 8.09. The SMILES string of the molecule is CCC(=O)N/N=C(/C)CC(=O)N[C@H](C)c1ccccc1. The predicted molar refractivity (Wildman–Crippen MR) is 79.2 cm³/mol. The molecule has 5 nitrogen and oxygen atoms in total. The highest BCUT2D eigenvalue weighted by Gasteiger charge is 2.10. The Morgan fingerprint density at radius 2 is 1.85 bits per heavy atom. The number of benzene rings is 1. The lowest BCUT2D eigenvalue weighted by atomic mass is 10.1. The molecule has 1 atom stereocenters. The van der Waals surface area contributed by atoms with Gasteiger partial charge in [0.15, 0.2) is 0 Å². The van der Waals surface area contributed by atoms with Gasteiger partial charge < -0.3 is 5.32 Å². The van der Waals surface area contributed by atoms with Crippen LogP contribution in [0.1, 0.15) is 45.2 Å². The predicted octanol–water partition coefficient (Wildman–Crippen LogP) is 2.16. The zero-order chi connectivity index (χ0) is 15.0. The van der Waals surface area contributed by atoms with E-state index in [1.54, 1.807) is 13.8 Å². The van der Waals surface area contributed by atoms with E-state index in [4.69, 9.17) is 0 Å². The second-order valence-electron chi connectivity index (χ2n) is 4.61. The van der Waals surface area contributed by atoms with Crippen molar-refractivity contribution in [2.75, 3.05) is 0 Å². The van der Waals surface area contributed by atoms with E-state index in [1.165, 1.54) is 0 Å². The first-order valence-electron chi connectivity index (χ1n) is 6.69. The monoisotopic (exact) mass is 275 g/mol. The van der Waals surface area contributed by atoms with Crippen molar-refractivity contribution in [2.24, 2.45) is 5.10 Å². The smallest absolute Gasteiger partial charge is 0.239 e. The van der Waals surface area contributed by atoms with Gasteiger partial charge in [-0.25, -0.2) is 5.43 Å². The van der Waals surface area contributed by atoms with Gasteiger partial charge in [0.25, 0.3) is 0 Å². The fourth-order valence-corrected chi connectivity index (χ4v) is 1.63. The number of nitrogens with one attached hydrogen (secondary N) is 2. The van der Waals surface area contributed by atoms with E-state index >= 15 is 0 Å². The highest BCUT2D eigenvalue weighted by molar-refractivity contribution is 6.00. The molecule has 0 aromatic heterocycles. The summed E-state index contributed by atoms with van der Waals surface area (Å²) in [6.45, 7) is 5.38. The van der Waals surface area contributed by atoms with Crippen LogP contribution in [0.15, 0.2) is 35.4 Å². The topological polar surface area (TPSA) is 70.6 Å². The maximum absolute atomic E-state index is 11.8. The molecule has 1 aromatic carbocycles. The Bertz CT molecular complexity index is 483. The van der Waals surface area contributed by atoms with Crippen molar-refractivity contribution in [3.05, 3.63) is 35.9 Å². The zero-order valence-corrected chi connectivity index (χ0v) is 12.1. The Kier molecular flexibility index (Phi) is 6.43. The molecule has 20 heavy (non-hydrogen) atoms. The van der Waals surface area contributed by atoms with Crippen molar-refractivity contribution in [2.45, 2.75) is 39.7 Å². The van der Waals surface area contributed by atoms with Crippen LogP contribution in [0.3, 0.4) is 0 Å². The summed E-state index contributed by atoms with van der Waals surface area (Å²) >= 11 is 0. The summed E-state index contributed by atoms with van der Waals surface area (Å²) in [6.07, 6.45) is 0.537. The Balaban J connectivity index is 2.45. The molecule has 0 heterocycles. The number of hydrogen-bond donors (Lipinski definition) is 2. The molecule has 1 rings (SSSR count). The third-order valence-electron chi connectivity index (χ3n) is 2.79. The lowest BCUT2D eigenvalue weighted by molar-refractivity contribution is -0.121. The first-order chi connectivity index (χ1) is 9.52. The molecule has 0 radical (unpaired) electrons. The molecule has 0 aliphatic carbocycles. The van der Waals surface area contributed by atoms with Crippen LogP contribution in [0.25, 0.3) is 0 Å². The zero-order valence-electron chi connectivity index (χ0n) is 12.1. The van der Waals surface area contributed by atoms with Crippen LogP contribution in [0.4, 0.5) is 0 Å². The number of carbonyl (C=O) groups excluding carboxylic acids is 2. The second-order valence-corrected chi connectivity index (χ2v) is 4.61. The molecule has 108 valence electrons. The van der Waals surface area contributed by atoms with Gasteiger partial charge in [-0.15, -0.1) is 0 Å². The molecule has 0 aliphatic rings. The Hall–Kier alpha value is -2.17. The summed E-state index contributed by atoms with van der Waals surface area (Å²) in [4.78, 5) is 22.9. The fraction of sp³-hybridized carbons (Fsp3) is 0.400. The maximum atomic E-state index is 11.8. The quantitative estimate of drug-likeness (QED) is 0.617. The van der Waals surface area contributed by atoms with Crippen molar-refractivity contribution in [3.63, 3.8) is 0 Å². The fourth-order valence-electron chi connectivity index (χ4n) is 1.63. The van der Waals surface area contributed by atoms with Gasteiger partial charge in [-0.05, 0) is 19.4 Å². The number of hydrazone groups is 1. The third kappa shape index (κ3) is 5.65. The average Bonchev–Trinajstić information content (AvgIpc) is 2.45. The molecule has 5 heteroatoms. The highest BCUT2D eigenvalue weighted by Crippen LogP contribution is 2.11. The van der Waals surface area contributed by atoms with Crippen molar-refractivity contribution in [1.29, 1.82) is 0 Å². The van der Waals surface area contributed by atoms with Gasteiger partial charge in [-0.2, -0.15) is 5.10 Å². The van der Waals surface area contributed by atoms with Crippen LogP contribution >= 0.6 is 0 Å². The van der Waals surface area contributed by atoms with Crippen LogP contribution in [0.5, 0.6) is 0 Å². The molecule has 0 bridgehead atoms. The summed E-state index contributed by atoms with van der Waals surface area (Å²) in [7, 11) is 0. The molecule has 0 fully saturated rings. The minimum absolute atomic E-state index is 0.0540. The Morgan fingerprint density at radius 3 is 2.45 bits per heavy atom.